The molecule has 2 rings (SSSR count). The second-order valence-electron chi connectivity index (χ2n) is 7.67. The molecule has 0 aromatic carbocycles. The van der Waals surface area contributed by atoms with Crippen LogP contribution in [0.1, 0.15) is 39.0 Å². The van der Waals surface area contributed by atoms with Crippen molar-refractivity contribution >= 4 is 16.0 Å². The predicted molar refractivity (Wildman–Crippen MR) is 96.0 cm³/mol. The largest absolute Gasteiger partial charge is 0.480 e. The van der Waals surface area contributed by atoms with Gasteiger partial charge in [0.2, 0.25) is 10.0 Å². The van der Waals surface area contributed by atoms with Crippen molar-refractivity contribution in [1.29, 1.82) is 0 Å². The first-order valence-corrected chi connectivity index (χ1v) is 11.1. The number of nitrogens with zero attached hydrogens (tertiary/aromatic N) is 2. The van der Waals surface area contributed by atoms with E-state index in [1.165, 1.54) is 32.1 Å². The lowest BCUT2D eigenvalue weighted by Crippen LogP contribution is -2.49. The van der Waals surface area contributed by atoms with Crippen LogP contribution >= 0.6 is 0 Å². The van der Waals surface area contributed by atoms with Crippen molar-refractivity contribution < 1.29 is 23.1 Å². The zero-order valence-electron chi connectivity index (χ0n) is 15.4. The second-order valence-corrected chi connectivity index (χ2v) is 9.65. The zero-order valence-corrected chi connectivity index (χ0v) is 16.2. The Hall–Kier alpha value is -0.700. The molecule has 8 heteroatoms. The highest BCUT2D eigenvalue weighted by molar-refractivity contribution is 7.88. The molecule has 1 saturated carbocycles. The van der Waals surface area contributed by atoms with E-state index in [0.717, 1.165) is 35.5 Å². The first-order chi connectivity index (χ1) is 11.7. The molecule has 1 saturated heterocycles. The molecule has 3 unspecified atom stereocenters. The van der Waals surface area contributed by atoms with Gasteiger partial charge in [-0.1, -0.05) is 26.2 Å². The number of morpholine rings is 1. The zero-order chi connectivity index (χ0) is 18.4. The van der Waals surface area contributed by atoms with Crippen molar-refractivity contribution in [2.75, 3.05) is 45.6 Å². The SMILES string of the molecule is CC1CCCC(CCN2CCOC(CN(CC(=O)O)S(C)(=O)=O)C2)C1. The van der Waals surface area contributed by atoms with Crippen LogP contribution < -0.4 is 0 Å². The molecule has 0 amide bonds. The van der Waals surface area contributed by atoms with Gasteiger partial charge in [-0.2, -0.15) is 4.31 Å². The number of rotatable bonds is 8. The van der Waals surface area contributed by atoms with E-state index in [1.807, 2.05) is 0 Å². The van der Waals surface area contributed by atoms with Crippen LogP contribution in [0, 0.1) is 11.8 Å². The number of hydrogen-bond acceptors (Lipinski definition) is 5. The summed E-state index contributed by atoms with van der Waals surface area (Å²) in [6, 6.07) is 0. The van der Waals surface area contributed by atoms with Gasteiger partial charge in [-0.15, -0.1) is 0 Å². The third-order valence-electron chi connectivity index (χ3n) is 5.31. The standard InChI is InChI=1S/C17H32N2O5S/c1-14-4-3-5-15(10-14)6-7-18-8-9-24-16(11-18)12-19(13-17(20)21)25(2,22)23/h14-16H,3-13H2,1-2H3,(H,20,21). The van der Waals surface area contributed by atoms with Gasteiger partial charge in [0.1, 0.15) is 6.54 Å². The van der Waals surface area contributed by atoms with Gasteiger partial charge in [0.25, 0.3) is 0 Å². The Bertz CT molecular complexity index is 539. The van der Waals surface area contributed by atoms with Crippen molar-refractivity contribution in [2.45, 2.75) is 45.1 Å². The van der Waals surface area contributed by atoms with Crippen LogP contribution in [-0.4, -0.2) is 80.4 Å². The Balaban J connectivity index is 1.81. The summed E-state index contributed by atoms with van der Waals surface area (Å²) in [7, 11) is -3.56. The average molecular weight is 377 g/mol. The Kier molecular flexibility index (Phi) is 7.67. The van der Waals surface area contributed by atoms with Crippen LogP contribution in [0.2, 0.25) is 0 Å². The fourth-order valence-electron chi connectivity index (χ4n) is 3.98. The molecule has 3 atom stereocenters. The minimum absolute atomic E-state index is 0.0993. The lowest BCUT2D eigenvalue weighted by Gasteiger charge is -2.36. The van der Waals surface area contributed by atoms with Crippen LogP contribution in [0.15, 0.2) is 0 Å². The molecule has 0 bridgehead atoms. The number of ether oxygens (including phenoxy) is 1. The summed E-state index contributed by atoms with van der Waals surface area (Å²) >= 11 is 0. The van der Waals surface area contributed by atoms with Crippen molar-refractivity contribution in [3.8, 4) is 0 Å². The van der Waals surface area contributed by atoms with Gasteiger partial charge in [0, 0.05) is 19.6 Å². The maximum atomic E-state index is 11.8. The third kappa shape index (κ3) is 7.21. The van der Waals surface area contributed by atoms with Crippen molar-refractivity contribution in [1.82, 2.24) is 9.21 Å². The Morgan fingerprint density at radius 3 is 2.76 bits per heavy atom. The molecule has 1 heterocycles. The molecule has 0 radical (unpaired) electrons. The monoisotopic (exact) mass is 376 g/mol. The van der Waals surface area contributed by atoms with Gasteiger partial charge < -0.3 is 9.84 Å². The first kappa shape index (κ1) is 20.6. The number of carboxylic acid groups (broad SMARTS) is 1. The molecule has 146 valence electrons. The van der Waals surface area contributed by atoms with Crippen molar-refractivity contribution in [2.24, 2.45) is 11.8 Å². The topological polar surface area (TPSA) is 87.2 Å². The quantitative estimate of drug-likeness (QED) is 0.686. The Labute approximate surface area is 151 Å². The first-order valence-electron chi connectivity index (χ1n) is 9.25. The molecule has 0 spiro atoms. The smallest absolute Gasteiger partial charge is 0.318 e. The molecular weight excluding hydrogens is 344 g/mol. The van der Waals surface area contributed by atoms with E-state index < -0.39 is 22.5 Å². The highest BCUT2D eigenvalue weighted by Gasteiger charge is 2.28. The average Bonchev–Trinajstić information content (AvgIpc) is 2.51. The third-order valence-corrected chi connectivity index (χ3v) is 6.53. The van der Waals surface area contributed by atoms with E-state index >= 15 is 0 Å². The van der Waals surface area contributed by atoms with Gasteiger partial charge in [-0.05, 0) is 31.2 Å². The van der Waals surface area contributed by atoms with Crippen LogP contribution in [0.4, 0.5) is 0 Å². The number of carbonyl (C=O) groups is 1. The summed E-state index contributed by atoms with van der Waals surface area (Å²) in [6.07, 6.45) is 7.26. The normalized spacial score (nSPS) is 29.0. The van der Waals surface area contributed by atoms with Gasteiger partial charge in [0.15, 0.2) is 0 Å². The molecule has 1 N–H and O–H groups in total. The summed E-state index contributed by atoms with van der Waals surface area (Å²) in [5, 5.41) is 8.92. The number of hydrogen-bond donors (Lipinski definition) is 1. The highest BCUT2D eigenvalue weighted by atomic mass is 32.2. The second kappa shape index (κ2) is 9.30. The van der Waals surface area contributed by atoms with E-state index in [0.29, 0.717) is 13.2 Å². The number of carboxylic acids is 1. The van der Waals surface area contributed by atoms with Gasteiger partial charge in [-0.25, -0.2) is 8.42 Å². The van der Waals surface area contributed by atoms with Crippen LogP contribution in [0.5, 0.6) is 0 Å². The maximum Gasteiger partial charge on any atom is 0.318 e. The summed E-state index contributed by atoms with van der Waals surface area (Å²) in [5.74, 6) is 0.476. The number of aliphatic carboxylic acids is 1. The molecule has 0 aromatic heterocycles. The summed E-state index contributed by atoms with van der Waals surface area (Å²) < 4.78 is 30.2. The predicted octanol–water partition coefficient (Wildman–Crippen LogP) is 1.25. The highest BCUT2D eigenvalue weighted by Crippen LogP contribution is 2.30. The maximum absolute atomic E-state index is 11.8. The van der Waals surface area contributed by atoms with Gasteiger partial charge >= 0.3 is 5.97 Å². The molecule has 1 aliphatic heterocycles. The van der Waals surface area contributed by atoms with E-state index in [-0.39, 0.29) is 12.6 Å². The summed E-state index contributed by atoms with van der Waals surface area (Å²) in [4.78, 5) is 13.2. The molecule has 2 aliphatic rings. The number of sulfonamides is 1. The van der Waals surface area contributed by atoms with E-state index in [4.69, 9.17) is 9.84 Å². The fraction of sp³-hybridized carbons (Fsp3) is 0.941. The lowest BCUT2D eigenvalue weighted by atomic mass is 9.81. The summed E-state index contributed by atoms with van der Waals surface area (Å²) in [5.41, 5.74) is 0. The molecule has 25 heavy (non-hydrogen) atoms. The Morgan fingerprint density at radius 1 is 1.36 bits per heavy atom. The van der Waals surface area contributed by atoms with Crippen molar-refractivity contribution in [3.63, 3.8) is 0 Å². The fourth-order valence-corrected chi connectivity index (χ4v) is 4.76. The minimum Gasteiger partial charge on any atom is -0.480 e. The minimum atomic E-state index is -3.56. The molecule has 1 aliphatic carbocycles. The van der Waals surface area contributed by atoms with Crippen LogP contribution in [-0.2, 0) is 19.6 Å². The van der Waals surface area contributed by atoms with Crippen LogP contribution in [0.3, 0.4) is 0 Å². The molecule has 7 nitrogen and oxygen atoms in total. The molecule has 2 fully saturated rings. The van der Waals surface area contributed by atoms with Crippen molar-refractivity contribution in [3.05, 3.63) is 0 Å². The lowest BCUT2D eigenvalue weighted by molar-refractivity contribution is -0.137. The van der Waals surface area contributed by atoms with E-state index in [1.54, 1.807) is 0 Å². The van der Waals surface area contributed by atoms with E-state index in [2.05, 4.69) is 11.8 Å². The summed E-state index contributed by atoms with van der Waals surface area (Å²) in [6.45, 7) is 5.01. The van der Waals surface area contributed by atoms with Crippen LogP contribution in [0.25, 0.3) is 0 Å². The Morgan fingerprint density at radius 2 is 2.12 bits per heavy atom. The van der Waals surface area contributed by atoms with Gasteiger partial charge in [0.05, 0.1) is 19.0 Å². The molecule has 0 aromatic rings. The van der Waals surface area contributed by atoms with E-state index in [9.17, 15) is 13.2 Å². The molecular formula is C17H32N2O5S. The van der Waals surface area contributed by atoms with Gasteiger partial charge in [-0.3, -0.25) is 9.69 Å².